The minimum atomic E-state index is 0.128. The van der Waals surface area contributed by atoms with Crippen molar-refractivity contribution >= 4 is 11.8 Å². The van der Waals surface area contributed by atoms with Gasteiger partial charge in [-0.2, -0.15) is 0 Å². The van der Waals surface area contributed by atoms with Gasteiger partial charge >= 0.3 is 0 Å². The maximum atomic E-state index is 12.4. The molecule has 4 aliphatic rings. The van der Waals surface area contributed by atoms with Gasteiger partial charge in [-0.05, 0) is 61.7 Å². The zero-order valence-corrected chi connectivity index (χ0v) is 15.2. The van der Waals surface area contributed by atoms with Crippen molar-refractivity contribution < 1.29 is 9.59 Å². The number of fused-ring (bicyclic) bond motifs is 5. The number of hydrogen-bond acceptors (Lipinski definition) is 2. The number of carbonyl (C=O) groups excluding carboxylic acids is 2. The highest BCUT2D eigenvalue weighted by atomic mass is 16.2. The average molecular weight is 330 g/mol. The fourth-order valence-corrected chi connectivity index (χ4v) is 6.80. The van der Waals surface area contributed by atoms with Gasteiger partial charge in [0.2, 0.25) is 11.8 Å². The first kappa shape index (κ1) is 16.2. The Hall–Kier alpha value is -1.32. The molecule has 6 atom stereocenters. The Kier molecular flexibility index (Phi) is 3.59. The van der Waals surface area contributed by atoms with E-state index in [0.29, 0.717) is 24.2 Å². The Morgan fingerprint density at radius 2 is 2.00 bits per heavy atom. The molecule has 1 heterocycles. The van der Waals surface area contributed by atoms with E-state index in [1.54, 1.807) is 7.05 Å². The molecule has 1 saturated heterocycles. The highest BCUT2D eigenvalue weighted by Gasteiger charge is 2.59. The molecule has 0 radical (unpaired) electrons. The molecular weight excluding hydrogens is 300 g/mol. The molecule has 4 nitrogen and oxygen atoms in total. The van der Waals surface area contributed by atoms with Crippen molar-refractivity contribution in [2.75, 3.05) is 7.05 Å². The lowest BCUT2D eigenvalue weighted by atomic mass is 9.49. The number of allylic oxidation sites excluding steroid dienone is 2. The van der Waals surface area contributed by atoms with Crippen molar-refractivity contribution in [1.82, 2.24) is 10.6 Å². The van der Waals surface area contributed by atoms with Crippen LogP contribution in [0.4, 0.5) is 0 Å². The predicted octanol–water partition coefficient (Wildman–Crippen LogP) is 3.00. The molecule has 2 amide bonds. The molecule has 1 aliphatic heterocycles. The van der Waals surface area contributed by atoms with Crippen molar-refractivity contribution in [1.29, 1.82) is 0 Å². The van der Waals surface area contributed by atoms with Gasteiger partial charge in [0.25, 0.3) is 0 Å². The van der Waals surface area contributed by atoms with Gasteiger partial charge < -0.3 is 10.6 Å². The van der Waals surface area contributed by atoms with E-state index >= 15 is 0 Å². The average Bonchev–Trinajstić information content (AvgIpc) is 2.92. The molecule has 132 valence electrons. The standard InChI is InChI=1S/C20H30N2O2/c1-19-10-8-14-12(13(19)5-6-15(19)18(24)21-3)4-7-16-20(14,2)11-9-17(23)22-16/h7,12-15H,4-6,8-11H2,1-3H3,(H,21,24)(H,22,23)/t12-,13-,14+,15?,19-,20+/m0/s1. The largest absolute Gasteiger partial charge is 0.359 e. The monoisotopic (exact) mass is 330 g/mol. The predicted molar refractivity (Wildman–Crippen MR) is 92.8 cm³/mol. The third-order valence-electron chi connectivity index (χ3n) is 8.17. The van der Waals surface area contributed by atoms with E-state index in [9.17, 15) is 9.59 Å². The van der Waals surface area contributed by atoms with Crippen molar-refractivity contribution in [3.8, 4) is 0 Å². The highest BCUT2D eigenvalue weighted by Crippen LogP contribution is 2.65. The molecule has 0 aromatic carbocycles. The first-order valence-corrected chi connectivity index (χ1v) is 9.62. The number of carbonyl (C=O) groups is 2. The van der Waals surface area contributed by atoms with Gasteiger partial charge in [0.1, 0.15) is 0 Å². The number of piperidine rings is 1. The zero-order chi connectivity index (χ0) is 17.1. The molecule has 4 heteroatoms. The van der Waals surface area contributed by atoms with Crippen LogP contribution < -0.4 is 10.6 Å². The van der Waals surface area contributed by atoms with E-state index in [-0.39, 0.29) is 28.6 Å². The zero-order valence-electron chi connectivity index (χ0n) is 15.2. The molecule has 0 aromatic rings. The summed E-state index contributed by atoms with van der Waals surface area (Å²) in [5, 5.41) is 6.05. The van der Waals surface area contributed by atoms with Gasteiger partial charge in [0, 0.05) is 30.5 Å². The van der Waals surface area contributed by atoms with E-state index < -0.39 is 0 Å². The topological polar surface area (TPSA) is 58.2 Å². The lowest BCUT2D eigenvalue weighted by molar-refractivity contribution is -0.132. The van der Waals surface area contributed by atoms with Crippen LogP contribution in [0, 0.1) is 34.5 Å². The summed E-state index contributed by atoms with van der Waals surface area (Å²) in [4.78, 5) is 24.2. The first-order chi connectivity index (χ1) is 11.4. The molecule has 2 N–H and O–H groups in total. The Bertz CT molecular complexity index is 613. The second-order valence-corrected chi connectivity index (χ2v) is 8.98. The number of amides is 2. The van der Waals surface area contributed by atoms with Crippen LogP contribution >= 0.6 is 0 Å². The Balaban J connectivity index is 1.65. The Morgan fingerprint density at radius 1 is 1.21 bits per heavy atom. The second kappa shape index (κ2) is 5.34. The maximum Gasteiger partial charge on any atom is 0.224 e. The SMILES string of the molecule is CNC(=O)C1CC[C@H]2[C@@H]3CC=C4NC(=O)CC[C@]4(C)[C@@H]3CC[C@]12C. The molecule has 2 saturated carbocycles. The molecule has 3 aliphatic carbocycles. The minimum Gasteiger partial charge on any atom is -0.359 e. The van der Waals surface area contributed by atoms with Gasteiger partial charge in [-0.1, -0.05) is 19.9 Å². The lowest BCUT2D eigenvalue weighted by Gasteiger charge is -2.57. The molecule has 0 aromatic heterocycles. The summed E-state index contributed by atoms with van der Waals surface area (Å²) in [6.07, 6.45) is 9.56. The molecule has 3 fully saturated rings. The molecule has 1 unspecified atom stereocenters. The van der Waals surface area contributed by atoms with Crippen LogP contribution in [0.5, 0.6) is 0 Å². The van der Waals surface area contributed by atoms with Crippen LogP contribution in [0.25, 0.3) is 0 Å². The van der Waals surface area contributed by atoms with Gasteiger partial charge in [-0.25, -0.2) is 0 Å². The van der Waals surface area contributed by atoms with Crippen LogP contribution in [-0.2, 0) is 9.59 Å². The molecule has 4 rings (SSSR count). The summed E-state index contributed by atoms with van der Waals surface area (Å²) in [7, 11) is 1.77. The van der Waals surface area contributed by atoms with E-state index in [1.807, 2.05) is 0 Å². The summed E-state index contributed by atoms with van der Waals surface area (Å²) in [5.41, 5.74) is 1.47. The molecule has 0 spiro atoms. The van der Waals surface area contributed by atoms with Gasteiger partial charge in [-0.3, -0.25) is 9.59 Å². The van der Waals surface area contributed by atoms with Crippen molar-refractivity contribution in [3.63, 3.8) is 0 Å². The Morgan fingerprint density at radius 3 is 2.75 bits per heavy atom. The van der Waals surface area contributed by atoms with Crippen LogP contribution in [0.2, 0.25) is 0 Å². The van der Waals surface area contributed by atoms with E-state index in [1.165, 1.54) is 18.5 Å². The molecule has 0 bridgehead atoms. The lowest BCUT2D eigenvalue weighted by Crippen LogP contribution is -2.54. The summed E-state index contributed by atoms with van der Waals surface area (Å²) in [5.74, 6) is 2.56. The fraction of sp³-hybridized carbons (Fsp3) is 0.800. The van der Waals surface area contributed by atoms with Crippen LogP contribution in [0.3, 0.4) is 0 Å². The summed E-state index contributed by atoms with van der Waals surface area (Å²) in [6.45, 7) is 4.73. The van der Waals surface area contributed by atoms with E-state index in [2.05, 4.69) is 30.6 Å². The van der Waals surface area contributed by atoms with E-state index in [4.69, 9.17) is 0 Å². The first-order valence-electron chi connectivity index (χ1n) is 9.62. The highest BCUT2D eigenvalue weighted by molar-refractivity contribution is 5.80. The minimum absolute atomic E-state index is 0.128. The number of rotatable bonds is 1. The third kappa shape index (κ3) is 2.04. The van der Waals surface area contributed by atoms with Crippen LogP contribution in [0.15, 0.2) is 11.8 Å². The fourth-order valence-electron chi connectivity index (χ4n) is 6.80. The van der Waals surface area contributed by atoms with Gasteiger partial charge in [0.05, 0.1) is 0 Å². The summed E-state index contributed by atoms with van der Waals surface area (Å²) in [6, 6.07) is 0. The maximum absolute atomic E-state index is 12.4. The normalized spacial score (nSPS) is 47.0. The summed E-state index contributed by atoms with van der Waals surface area (Å²) >= 11 is 0. The summed E-state index contributed by atoms with van der Waals surface area (Å²) < 4.78 is 0. The van der Waals surface area contributed by atoms with Gasteiger partial charge in [0.15, 0.2) is 0 Å². The smallest absolute Gasteiger partial charge is 0.224 e. The van der Waals surface area contributed by atoms with Gasteiger partial charge in [-0.15, -0.1) is 0 Å². The third-order valence-corrected chi connectivity index (χ3v) is 8.17. The van der Waals surface area contributed by atoms with E-state index in [0.717, 1.165) is 25.7 Å². The van der Waals surface area contributed by atoms with Crippen molar-refractivity contribution in [2.24, 2.45) is 34.5 Å². The molecule has 24 heavy (non-hydrogen) atoms. The Labute approximate surface area is 144 Å². The van der Waals surface area contributed by atoms with Crippen molar-refractivity contribution in [2.45, 2.75) is 58.8 Å². The molecular formula is C20H30N2O2. The quantitative estimate of drug-likeness (QED) is 0.776. The van der Waals surface area contributed by atoms with Crippen LogP contribution in [0.1, 0.15) is 58.8 Å². The number of hydrogen-bond donors (Lipinski definition) is 2. The van der Waals surface area contributed by atoms with Crippen molar-refractivity contribution in [3.05, 3.63) is 11.8 Å². The second-order valence-electron chi connectivity index (χ2n) is 8.98. The van der Waals surface area contributed by atoms with Crippen LogP contribution in [-0.4, -0.2) is 18.9 Å². The number of nitrogens with one attached hydrogen (secondary N) is 2.